The van der Waals surface area contributed by atoms with E-state index in [1.54, 1.807) is 0 Å². The molecule has 0 bridgehead atoms. The molecule has 0 saturated carbocycles. The highest BCUT2D eigenvalue weighted by molar-refractivity contribution is 6.30. The fourth-order valence-electron chi connectivity index (χ4n) is 6.84. The molecule has 216 valence electrons. The highest BCUT2D eigenvalue weighted by Crippen LogP contribution is 2.35. The van der Waals surface area contributed by atoms with E-state index in [1.165, 1.54) is 5.56 Å². The molecule has 0 aliphatic carbocycles. The van der Waals surface area contributed by atoms with Gasteiger partial charge in [-0.25, -0.2) is 0 Å². The summed E-state index contributed by atoms with van der Waals surface area (Å²) in [6.07, 6.45) is 3.98. The van der Waals surface area contributed by atoms with Crippen LogP contribution in [0, 0.1) is 5.92 Å². The van der Waals surface area contributed by atoms with Gasteiger partial charge in [-0.3, -0.25) is 14.5 Å². The Morgan fingerprint density at radius 1 is 1.05 bits per heavy atom. The number of nitrogens with zero attached hydrogens (tertiary/aromatic N) is 2. The van der Waals surface area contributed by atoms with Gasteiger partial charge in [0.1, 0.15) is 6.04 Å². The first-order valence-electron chi connectivity index (χ1n) is 14.8. The SMILES string of the molecule is CC(C)CC1(N2CCN(C(=O)C(Cc3ccc(Cl)cc3)NC(=O)CC3NCc4ccccc43)CC2)CCOCC1. The summed E-state index contributed by atoms with van der Waals surface area (Å²) in [7, 11) is 0. The number of benzene rings is 2. The van der Waals surface area contributed by atoms with Crippen molar-refractivity contribution >= 4 is 23.4 Å². The number of rotatable bonds is 9. The Labute approximate surface area is 243 Å². The minimum atomic E-state index is -0.621. The predicted octanol–water partition coefficient (Wildman–Crippen LogP) is 4.34. The average Bonchev–Trinajstić information content (AvgIpc) is 3.36. The summed E-state index contributed by atoms with van der Waals surface area (Å²) in [4.78, 5) is 31.8. The normalized spacial score (nSPS) is 21.7. The fraction of sp³-hybridized carbons (Fsp3) is 0.562. The molecule has 2 unspecified atom stereocenters. The molecule has 2 fully saturated rings. The smallest absolute Gasteiger partial charge is 0.245 e. The maximum atomic E-state index is 13.9. The van der Waals surface area contributed by atoms with Gasteiger partial charge in [0, 0.05) is 75.4 Å². The lowest BCUT2D eigenvalue weighted by Gasteiger charge is -2.50. The number of carbonyl (C=O) groups is 2. The number of piperazine rings is 1. The zero-order valence-electron chi connectivity index (χ0n) is 23.8. The number of halogens is 1. The van der Waals surface area contributed by atoms with Crippen molar-refractivity contribution in [2.24, 2.45) is 5.92 Å². The number of amides is 2. The first-order valence-corrected chi connectivity index (χ1v) is 15.2. The van der Waals surface area contributed by atoms with Crippen LogP contribution in [0.1, 0.15) is 62.3 Å². The maximum Gasteiger partial charge on any atom is 0.245 e. The Kier molecular flexibility index (Phi) is 9.46. The van der Waals surface area contributed by atoms with Gasteiger partial charge < -0.3 is 20.3 Å². The molecule has 0 aromatic heterocycles. The standard InChI is InChI=1S/C32H43ClN4O3/c1-23(2)21-32(11-17-40-18-12-32)37-15-13-36(14-16-37)31(39)29(19-24-7-9-26(33)10-8-24)35-30(38)20-28-27-6-4-3-5-25(27)22-34-28/h3-10,23,28-29,34H,11-22H2,1-2H3,(H,35,38). The van der Waals surface area contributed by atoms with Gasteiger partial charge in [-0.2, -0.15) is 0 Å². The zero-order chi connectivity index (χ0) is 28.1. The lowest BCUT2D eigenvalue weighted by atomic mass is 9.80. The van der Waals surface area contributed by atoms with Gasteiger partial charge in [-0.05, 0) is 54.0 Å². The monoisotopic (exact) mass is 566 g/mol. The number of hydrogen-bond donors (Lipinski definition) is 2. The van der Waals surface area contributed by atoms with E-state index in [0.29, 0.717) is 36.9 Å². The Morgan fingerprint density at radius 2 is 1.75 bits per heavy atom. The van der Waals surface area contributed by atoms with E-state index in [2.05, 4.69) is 41.5 Å². The summed E-state index contributed by atoms with van der Waals surface area (Å²) < 4.78 is 5.71. The summed E-state index contributed by atoms with van der Waals surface area (Å²) in [6, 6.07) is 15.1. The maximum absolute atomic E-state index is 13.9. The highest BCUT2D eigenvalue weighted by atomic mass is 35.5. The Balaban J connectivity index is 1.25. The van der Waals surface area contributed by atoms with Crippen molar-refractivity contribution < 1.29 is 14.3 Å². The Bertz CT molecular complexity index is 1160. The molecule has 2 saturated heterocycles. The second-order valence-corrected chi connectivity index (χ2v) is 12.5. The second kappa shape index (κ2) is 13.0. The summed E-state index contributed by atoms with van der Waals surface area (Å²) >= 11 is 6.11. The van der Waals surface area contributed by atoms with Gasteiger partial charge in [0.25, 0.3) is 0 Å². The highest BCUT2D eigenvalue weighted by Gasteiger charge is 2.41. The predicted molar refractivity (Wildman–Crippen MR) is 158 cm³/mol. The summed E-state index contributed by atoms with van der Waals surface area (Å²) in [5.74, 6) is 0.490. The Morgan fingerprint density at radius 3 is 2.45 bits per heavy atom. The summed E-state index contributed by atoms with van der Waals surface area (Å²) in [5.41, 5.74) is 3.52. The van der Waals surface area contributed by atoms with Crippen molar-refractivity contribution in [1.29, 1.82) is 0 Å². The van der Waals surface area contributed by atoms with Crippen LogP contribution in [0.2, 0.25) is 5.02 Å². The van der Waals surface area contributed by atoms with Gasteiger partial charge in [-0.1, -0.05) is 61.8 Å². The van der Waals surface area contributed by atoms with Crippen molar-refractivity contribution in [3.8, 4) is 0 Å². The van der Waals surface area contributed by atoms with Crippen LogP contribution in [-0.4, -0.2) is 72.6 Å². The van der Waals surface area contributed by atoms with Crippen LogP contribution in [0.4, 0.5) is 0 Å². The van der Waals surface area contributed by atoms with Crippen molar-refractivity contribution in [1.82, 2.24) is 20.4 Å². The molecule has 40 heavy (non-hydrogen) atoms. The first kappa shape index (κ1) is 29.1. The van der Waals surface area contributed by atoms with Crippen LogP contribution >= 0.6 is 11.6 Å². The third-order valence-corrected chi connectivity index (χ3v) is 9.07. The van der Waals surface area contributed by atoms with Crippen LogP contribution in [-0.2, 0) is 27.3 Å². The molecule has 3 aliphatic rings. The van der Waals surface area contributed by atoms with Gasteiger partial charge >= 0.3 is 0 Å². The Hall–Kier alpha value is -2.45. The van der Waals surface area contributed by atoms with Gasteiger partial charge in [0.05, 0.1) is 0 Å². The fourth-order valence-corrected chi connectivity index (χ4v) is 6.96. The minimum Gasteiger partial charge on any atom is -0.381 e. The average molecular weight is 567 g/mol. The van der Waals surface area contributed by atoms with Gasteiger partial charge in [0.2, 0.25) is 11.8 Å². The molecule has 2 amide bonds. The molecular weight excluding hydrogens is 524 g/mol. The molecule has 5 rings (SSSR count). The van der Waals surface area contributed by atoms with Crippen molar-refractivity contribution in [2.75, 3.05) is 39.4 Å². The number of fused-ring (bicyclic) bond motifs is 1. The zero-order valence-corrected chi connectivity index (χ0v) is 24.6. The van der Waals surface area contributed by atoms with Crippen LogP contribution < -0.4 is 10.6 Å². The van der Waals surface area contributed by atoms with Crippen LogP contribution in [0.3, 0.4) is 0 Å². The minimum absolute atomic E-state index is 0.00683. The quantitative estimate of drug-likeness (QED) is 0.472. The molecule has 3 heterocycles. The van der Waals surface area contributed by atoms with Crippen LogP contribution in [0.5, 0.6) is 0 Å². The summed E-state index contributed by atoms with van der Waals surface area (Å²) in [6.45, 7) is 10.0. The number of ether oxygens (including phenoxy) is 1. The molecule has 0 radical (unpaired) electrons. The molecule has 2 atom stereocenters. The number of hydrogen-bond acceptors (Lipinski definition) is 5. The van der Waals surface area contributed by atoms with Crippen LogP contribution in [0.25, 0.3) is 0 Å². The van der Waals surface area contributed by atoms with Crippen molar-refractivity contribution in [2.45, 2.75) is 70.1 Å². The molecule has 2 N–H and O–H groups in total. The van der Waals surface area contributed by atoms with Crippen molar-refractivity contribution in [3.05, 3.63) is 70.2 Å². The molecule has 3 aliphatic heterocycles. The molecule has 2 aromatic rings. The lowest BCUT2D eigenvalue weighted by molar-refractivity contribution is -0.140. The van der Waals surface area contributed by atoms with E-state index in [9.17, 15) is 9.59 Å². The molecule has 8 heteroatoms. The van der Waals surface area contributed by atoms with E-state index in [-0.39, 0.29) is 23.4 Å². The van der Waals surface area contributed by atoms with Gasteiger partial charge in [0.15, 0.2) is 0 Å². The van der Waals surface area contributed by atoms with E-state index >= 15 is 0 Å². The molecule has 7 nitrogen and oxygen atoms in total. The number of nitrogens with one attached hydrogen (secondary N) is 2. The first-order chi connectivity index (χ1) is 19.3. The topological polar surface area (TPSA) is 73.9 Å². The second-order valence-electron chi connectivity index (χ2n) is 12.0. The molecule has 2 aromatic carbocycles. The van der Waals surface area contributed by atoms with Crippen molar-refractivity contribution in [3.63, 3.8) is 0 Å². The van der Waals surface area contributed by atoms with E-state index in [0.717, 1.165) is 63.2 Å². The largest absolute Gasteiger partial charge is 0.381 e. The third-order valence-electron chi connectivity index (χ3n) is 8.82. The molecular formula is C32H43ClN4O3. The van der Waals surface area contributed by atoms with E-state index < -0.39 is 6.04 Å². The van der Waals surface area contributed by atoms with Gasteiger partial charge in [-0.15, -0.1) is 0 Å². The number of carbonyl (C=O) groups excluding carboxylic acids is 2. The van der Waals surface area contributed by atoms with E-state index in [1.807, 2.05) is 41.3 Å². The van der Waals surface area contributed by atoms with Crippen LogP contribution in [0.15, 0.2) is 48.5 Å². The third kappa shape index (κ3) is 6.88. The van der Waals surface area contributed by atoms with E-state index in [4.69, 9.17) is 16.3 Å². The lowest BCUT2D eigenvalue weighted by Crippen LogP contribution is -2.62. The summed E-state index contributed by atoms with van der Waals surface area (Å²) in [5, 5.41) is 7.21. The molecule has 0 spiro atoms.